The second-order valence-corrected chi connectivity index (χ2v) is 9.54. The van der Waals surface area contributed by atoms with Crippen molar-refractivity contribution in [3.8, 4) is 5.75 Å². The summed E-state index contributed by atoms with van der Waals surface area (Å²) >= 11 is 3.42. The molecule has 28 heavy (non-hydrogen) atoms. The zero-order valence-electron chi connectivity index (χ0n) is 16.2. The van der Waals surface area contributed by atoms with Crippen molar-refractivity contribution in [2.75, 3.05) is 12.0 Å². The Labute approximate surface area is 174 Å². The Hall–Kier alpha value is -1.90. The maximum absolute atomic E-state index is 12.9. The number of nitrogens with one attached hydrogen (secondary N) is 1. The Morgan fingerprint density at radius 2 is 2.00 bits per heavy atom. The first kappa shape index (κ1) is 20.8. The highest BCUT2D eigenvalue weighted by molar-refractivity contribution is 9.10. The van der Waals surface area contributed by atoms with E-state index >= 15 is 0 Å². The molecular weight excluding hydrogens is 444 g/mol. The van der Waals surface area contributed by atoms with Gasteiger partial charge in [0.1, 0.15) is 5.75 Å². The third-order valence-corrected chi connectivity index (χ3v) is 7.08. The molecule has 6 nitrogen and oxygen atoms in total. The van der Waals surface area contributed by atoms with E-state index < -0.39 is 16.1 Å². The smallest absolute Gasteiger partial charge is 0.241 e. The van der Waals surface area contributed by atoms with E-state index in [2.05, 4.69) is 20.7 Å². The fourth-order valence-corrected chi connectivity index (χ4v) is 5.42. The standard InChI is InChI=1S/C20H23BrN2O4S/c1-12-9-16-10-17(6-7-19(16)23(12)14(3)24)28(25,26)22-13(2)15-5-8-20(27-4)18(21)11-15/h5-8,10-13,22H,9H2,1-4H3. The van der Waals surface area contributed by atoms with Crippen LogP contribution in [0.1, 0.15) is 37.9 Å². The molecule has 0 fully saturated rings. The number of benzene rings is 2. The van der Waals surface area contributed by atoms with Gasteiger partial charge in [0.05, 0.1) is 16.5 Å². The van der Waals surface area contributed by atoms with Crippen molar-refractivity contribution in [3.63, 3.8) is 0 Å². The molecule has 0 saturated heterocycles. The number of hydrogen-bond acceptors (Lipinski definition) is 4. The predicted molar refractivity (Wildman–Crippen MR) is 112 cm³/mol. The lowest BCUT2D eigenvalue weighted by Crippen LogP contribution is -2.33. The van der Waals surface area contributed by atoms with Gasteiger partial charge >= 0.3 is 0 Å². The minimum atomic E-state index is -3.71. The van der Waals surface area contributed by atoms with E-state index in [0.29, 0.717) is 12.2 Å². The number of carbonyl (C=O) groups excluding carboxylic acids is 1. The Kier molecular flexibility index (Phi) is 5.84. The Morgan fingerprint density at radius 3 is 2.61 bits per heavy atom. The van der Waals surface area contributed by atoms with Crippen LogP contribution < -0.4 is 14.4 Å². The molecule has 0 spiro atoms. The summed E-state index contributed by atoms with van der Waals surface area (Å²) in [4.78, 5) is 13.8. The maximum Gasteiger partial charge on any atom is 0.241 e. The second kappa shape index (κ2) is 7.85. The second-order valence-electron chi connectivity index (χ2n) is 6.97. The first-order valence-corrected chi connectivity index (χ1v) is 11.2. The van der Waals surface area contributed by atoms with Crippen LogP contribution in [-0.4, -0.2) is 27.5 Å². The van der Waals surface area contributed by atoms with E-state index in [1.807, 2.05) is 19.1 Å². The van der Waals surface area contributed by atoms with Crippen molar-refractivity contribution < 1.29 is 17.9 Å². The summed E-state index contributed by atoms with van der Waals surface area (Å²) in [6.45, 7) is 5.27. The van der Waals surface area contributed by atoms with Gasteiger partial charge in [-0.2, -0.15) is 0 Å². The quantitative estimate of drug-likeness (QED) is 0.726. The van der Waals surface area contributed by atoms with Gasteiger partial charge in [-0.15, -0.1) is 0 Å². The summed E-state index contributed by atoms with van der Waals surface area (Å²) in [5.41, 5.74) is 2.46. The molecule has 0 radical (unpaired) electrons. The van der Waals surface area contributed by atoms with Crippen LogP contribution in [-0.2, 0) is 21.2 Å². The van der Waals surface area contributed by atoms with Gasteiger partial charge in [-0.05, 0) is 77.7 Å². The van der Waals surface area contributed by atoms with Crippen molar-refractivity contribution in [3.05, 3.63) is 52.0 Å². The molecule has 150 valence electrons. The van der Waals surface area contributed by atoms with Crippen LogP contribution in [0.5, 0.6) is 5.75 Å². The van der Waals surface area contributed by atoms with Crippen LogP contribution in [0.2, 0.25) is 0 Å². The monoisotopic (exact) mass is 466 g/mol. The average molecular weight is 467 g/mol. The third kappa shape index (κ3) is 3.94. The lowest BCUT2D eigenvalue weighted by molar-refractivity contribution is -0.116. The van der Waals surface area contributed by atoms with Crippen LogP contribution in [0.25, 0.3) is 0 Å². The summed E-state index contributed by atoms with van der Waals surface area (Å²) in [6, 6.07) is 9.97. The molecule has 0 saturated carbocycles. The van der Waals surface area contributed by atoms with Crippen LogP contribution in [0.15, 0.2) is 45.8 Å². The number of amides is 1. The van der Waals surface area contributed by atoms with E-state index in [1.165, 1.54) is 6.92 Å². The number of sulfonamides is 1. The summed E-state index contributed by atoms with van der Waals surface area (Å²) < 4.78 is 34.5. The Bertz CT molecular complexity index is 1020. The summed E-state index contributed by atoms with van der Waals surface area (Å²) in [6.07, 6.45) is 0.638. The van der Waals surface area contributed by atoms with Gasteiger partial charge in [0, 0.05) is 24.7 Å². The Balaban J connectivity index is 1.85. The first-order chi connectivity index (χ1) is 13.1. The van der Waals surface area contributed by atoms with Gasteiger partial charge in [0.25, 0.3) is 0 Å². The zero-order valence-corrected chi connectivity index (χ0v) is 18.6. The molecule has 1 aliphatic rings. The van der Waals surface area contributed by atoms with E-state index in [0.717, 1.165) is 21.3 Å². The fourth-order valence-electron chi connectivity index (χ4n) is 3.58. The number of ether oxygens (including phenoxy) is 1. The highest BCUT2D eigenvalue weighted by atomic mass is 79.9. The molecule has 2 atom stereocenters. The van der Waals surface area contributed by atoms with Crippen LogP contribution >= 0.6 is 15.9 Å². The summed E-state index contributed by atoms with van der Waals surface area (Å²) in [7, 11) is -2.14. The number of methoxy groups -OCH3 is 1. The lowest BCUT2D eigenvalue weighted by atomic mass is 10.1. The van der Waals surface area contributed by atoms with Crippen LogP contribution in [0.4, 0.5) is 5.69 Å². The molecule has 0 bridgehead atoms. The topological polar surface area (TPSA) is 75.7 Å². The van der Waals surface area contributed by atoms with Gasteiger partial charge in [-0.25, -0.2) is 13.1 Å². The molecule has 1 N–H and O–H groups in total. The van der Waals surface area contributed by atoms with Gasteiger partial charge in [-0.1, -0.05) is 6.07 Å². The molecule has 2 aromatic rings. The minimum Gasteiger partial charge on any atom is -0.496 e. The molecule has 3 rings (SSSR count). The van der Waals surface area contributed by atoms with Gasteiger partial charge in [0.2, 0.25) is 15.9 Å². The van der Waals surface area contributed by atoms with Gasteiger partial charge < -0.3 is 9.64 Å². The molecule has 8 heteroatoms. The van der Waals surface area contributed by atoms with Crippen LogP contribution in [0.3, 0.4) is 0 Å². The van der Waals surface area contributed by atoms with E-state index in [1.54, 1.807) is 43.2 Å². The molecule has 2 aromatic carbocycles. The van der Waals surface area contributed by atoms with Gasteiger partial charge in [0.15, 0.2) is 0 Å². The molecule has 1 heterocycles. The average Bonchev–Trinajstić information content (AvgIpc) is 2.96. The molecule has 1 aliphatic heterocycles. The molecular formula is C20H23BrN2O4S. The van der Waals surface area contributed by atoms with Crippen molar-refractivity contribution in [2.24, 2.45) is 0 Å². The maximum atomic E-state index is 12.9. The van der Waals surface area contributed by atoms with E-state index in [-0.39, 0.29) is 16.8 Å². The number of rotatable bonds is 5. The van der Waals surface area contributed by atoms with Crippen molar-refractivity contribution in [2.45, 2.75) is 44.2 Å². The summed E-state index contributed by atoms with van der Waals surface area (Å²) in [5.74, 6) is 0.639. The largest absolute Gasteiger partial charge is 0.496 e. The van der Waals surface area contributed by atoms with Crippen molar-refractivity contribution in [1.29, 1.82) is 0 Å². The zero-order chi connectivity index (χ0) is 20.6. The Morgan fingerprint density at radius 1 is 1.29 bits per heavy atom. The highest BCUT2D eigenvalue weighted by Crippen LogP contribution is 2.34. The lowest BCUT2D eigenvalue weighted by Gasteiger charge is -2.20. The SMILES string of the molecule is COc1ccc(C(C)NS(=O)(=O)c2ccc3c(c2)CC(C)N3C(C)=O)cc1Br. The van der Waals surface area contributed by atoms with E-state index in [9.17, 15) is 13.2 Å². The van der Waals surface area contributed by atoms with Crippen LogP contribution in [0, 0.1) is 0 Å². The molecule has 1 amide bonds. The van der Waals surface area contributed by atoms with Crippen molar-refractivity contribution in [1.82, 2.24) is 4.72 Å². The number of carbonyl (C=O) groups is 1. The minimum absolute atomic E-state index is 0.0222. The molecule has 0 aromatic heterocycles. The number of nitrogens with zero attached hydrogens (tertiary/aromatic N) is 1. The fraction of sp³-hybridized carbons (Fsp3) is 0.350. The normalized spacial score (nSPS) is 17.3. The number of fused-ring (bicyclic) bond motifs is 1. The number of hydrogen-bond donors (Lipinski definition) is 1. The molecule has 0 aliphatic carbocycles. The predicted octanol–water partition coefficient (Wildman–Crippen LogP) is 3.79. The first-order valence-electron chi connectivity index (χ1n) is 8.92. The van der Waals surface area contributed by atoms with Crippen molar-refractivity contribution >= 4 is 37.5 Å². The number of anilines is 1. The summed E-state index contributed by atoms with van der Waals surface area (Å²) in [5, 5.41) is 0. The van der Waals surface area contributed by atoms with E-state index in [4.69, 9.17) is 4.74 Å². The number of halogens is 1. The third-order valence-electron chi connectivity index (χ3n) is 4.92. The van der Waals surface area contributed by atoms with Gasteiger partial charge in [-0.3, -0.25) is 4.79 Å². The highest BCUT2D eigenvalue weighted by Gasteiger charge is 2.30. The molecule has 2 unspecified atom stereocenters.